The van der Waals surface area contributed by atoms with Gasteiger partial charge in [-0.3, -0.25) is 14.5 Å². The maximum atomic E-state index is 12.1. The molecule has 1 aliphatic heterocycles. The summed E-state index contributed by atoms with van der Waals surface area (Å²) < 4.78 is 0.654. The Hall–Kier alpha value is -1.65. The van der Waals surface area contributed by atoms with Gasteiger partial charge in [0.25, 0.3) is 11.8 Å². The van der Waals surface area contributed by atoms with Crippen LogP contribution in [0.25, 0.3) is 0 Å². The van der Waals surface area contributed by atoms with Crippen LogP contribution in [0.2, 0.25) is 4.34 Å². The van der Waals surface area contributed by atoms with Crippen LogP contribution >= 0.6 is 22.9 Å². The Morgan fingerprint density at radius 2 is 1.61 bits per heavy atom. The van der Waals surface area contributed by atoms with E-state index in [4.69, 9.17) is 11.6 Å². The van der Waals surface area contributed by atoms with E-state index in [0.29, 0.717) is 15.5 Å². The van der Waals surface area contributed by atoms with Crippen LogP contribution in [0.1, 0.15) is 25.6 Å². The molecule has 2 amide bonds. The van der Waals surface area contributed by atoms with Crippen molar-refractivity contribution < 1.29 is 9.59 Å². The zero-order valence-electron chi connectivity index (χ0n) is 9.22. The van der Waals surface area contributed by atoms with Gasteiger partial charge in [0.05, 0.1) is 22.0 Å². The average Bonchev–Trinajstić information content (AvgIpc) is 2.88. The first kappa shape index (κ1) is 11.4. The highest BCUT2D eigenvalue weighted by Crippen LogP contribution is 2.27. The van der Waals surface area contributed by atoms with E-state index in [1.165, 1.54) is 16.2 Å². The third-order valence-electron chi connectivity index (χ3n) is 2.82. The third-order valence-corrected chi connectivity index (χ3v) is 4.04. The second kappa shape index (κ2) is 4.23. The number of benzene rings is 1. The Labute approximate surface area is 113 Å². The largest absolute Gasteiger partial charge is 0.269 e. The minimum Gasteiger partial charge on any atom is -0.269 e. The minimum absolute atomic E-state index is 0.236. The SMILES string of the molecule is O=C1c2ccccc2C(=O)N1Cc1ccc(Cl)s1. The van der Waals surface area contributed by atoms with Crippen molar-refractivity contribution in [2.24, 2.45) is 0 Å². The van der Waals surface area contributed by atoms with Gasteiger partial charge < -0.3 is 0 Å². The highest BCUT2D eigenvalue weighted by molar-refractivity contribution is 7.16. The van der Waals surface area contributed by atoms with Gasteiger partial charge in [0, 0.05) is 4.88 Å². The molecule has 0 saturated carbocycles. The van der Waals surface area contributed by atoms with E-state index in [-0.39, 0.29) is 18.4 Å². The number of fused-ring (bicyclic) bond motifs is 1. The molecule has 0 fully saturated rings. The van der Waals surface area contributed by atoms with Gasteiger partial charge in [0.1, 0.15) is 0 Å². The van der Waals surface area contributed by atoms with Crippen LogP contribution in [0, 0.1) is 0 Å². The first-order valence-corrected chi connectivity index (χ1v) is 6.55. The van der Waals surface area contributed by atoms with Crippen molar-refractivity contribution in [1.82, 2.24) is 4.90 Å². The third kappa shape index (κ3) is 1.74. The van der Waals surface area contributed by atoms with E-state index in [1.54, 1.807) is 30.3 Å². The summed E-state index contributed by atoms with van der Waals surface area (Å²) in [5.41, 5.74) is 0.954. The molecule has 18 heavy (non-hydrogen) atoms. The smallest absolute Gasteiger partial charge is 0.261 e. The van der Waals surface area contributed by atoms with E-state index in [9.17, 15) is 9.59 Å². The zero-order chi connectivity index (χ0) is 12.7. The molecule has 90 valence electrons. The lowest BCUT2D eigenvalue weighted by atomic mass is 10.1. The highest BCUT2D eigenvalue weighted by Gasteiger charge is 2.35. The van der Waals surface area contributed by atoms with Crippen molar-refractivity contribution in [1.29, 1.82) is 0 Å². The molecule has 0 N–H and O–H groups in total. The molecule has 0 bridgehead atoms. The number of carbonyl (C=O) groups is 2. The molecule has 1 aliphatic rings. The van der Waals surface area contributed by atoms with Crippen molar-refractivity contribution >= 4 is 34.8 Å². The molecule has 0 spiro atoms. The molecule has 0 unspecified atom stereocenters. The molecule has 0 radical (unpaired) electrons. The van der Waals surface area contributed by atoms with E-state index >= 15 is 0 Å². The highest BCUT2D eigenvalue weighted by atomic mass is 35.5. The van der Waals surface area contributed by atoms with Gasteiger partial charge in [-0.15, -0.1) is 11.3 Å². The predicted octanol–water partition coefficient (Wildman–Crippen LogP) is 3.20. The van der Waals surface area contributed by atoms with Crippen LogP contribution < -0.4 is 0 Å². The summed E-state index contributed by atoms with van der Waals surface area (Å²) in [6, 6.07) is 10.5. The molecule has 0 atom stereocenters. The number of hydrogen-bond donors (Lipinski definition) is 0. The summed E-state index contributed by atoms with van der Waals surface area (Å²) in [6.07, 6.45) is 0. The molecule has 3 rings (SSSR count). The van der Waals surface area contributed by atoms with Gasteiger partial charge in [-0.1, -0.05) is 23.7 Å². The second-order valence-electron chi connectivity index (χ2n) is 3.95. The van der Waals surface area contributed by atoms with Crippen LogP contribution in [0.3, 0.4) is 0 Å². The Bertz CT molecular complexity index is 615. The topological polar surface area (TPSA) is 37.4 Å². The fraction of sp³-hybridized carbons (Fsp3) is 0.0769. The Morgan fingerprint density at radius 1 is 1.00 bits per heavy atom. The van der Waals surface area contributed by atoms with Gasteiger partial charge in [-0.05, 0) is 24.3 Å². The van der Waals surface area contributed by atoms with Gasteiger partial charge in [-0.2, -0.15) is 0 Å². The number of carbonyl (C=O) groups excluding carboxylic acids is 2. The van der Waals surface area contributed by atoms with E-state index in [0.717, 1.165) is 4.88 Å². The van der Waals surface area contributed by atoms with Crippen LogP contribution in [-0.4, -0.2) is 16.7 Å². The standard InChI is InChI=1S/C13H8ClNO2S/c14-11-6-5-8(18-11)7-15-12(16)9-3-1-2-4-10(9)13(15)17/h1-6H,7H2. The Balaban J connectivity index is 1.92. The van der Waals surface area contributed by atoms with Gasteiger partial charge in [0.15, 0.2) is 0 Å². The maximum absolute atomic E-state index is 12.1. The summed E-state index contributed by atoms with van der Waals surface area (Å²) in [6.45, 7) is 0.281. The van der Waals surface area contributed by atoms with Crippen molar-refractivity contribution in [3.8, 4) is 0 Å². The summed E-state index contributed by atoms with van der Waals surface area (Å²) in [5, 5.41) is 0. The number of rotatable bonds is 2. The number of nitrogens with zero attached hydrogens (tertiary/aromatic N) is 1. The quantitative estimate of drug-likeness (QED) is 0.791. The molecule has 2 aromatic rings. The molecule has 1 aromatic heterocycles. The summed E-state index contributed by atoms with van der Waals surface area (Å²) >= 11 is 7.21. The first-order valence-electron chi connectivity index (χ1n) is 5.36. The fourth-order valence-corrected chi connectivity index (χ4v) is 3.05. The van der Waals surface area contributed by atoms with Crippen molar-refractivity contribution in [2.75, 3.05) is 0 Å². The van der Waals surface area contributed by atoms with E-state index in [2.05, 4.69) is 0 Å². The Morgan fingerprint density at radius 3 is 2.11 bits per heavy atom. The van der Waals surface area contributed by atoms with Crippen LogP contribution in [0.15, 0.2) is 36.4 Å². The summed E-state index contributed by atoms with van der Waals surface area (Å²) in [7, 11) is 0. The van der Waals surface area contributed by atoms with Crippen LogP contribution in [0.4, 0.5) is 0 Å². The second-order valence-corrected chi connectivity index (χ2v) is 5.75. The first-order chi connectivity index (χ1) is 8.66. The summed E-state index contributed by atoms with van der Waals surface area (Å²) in [5.74, 6) is -0.472. The molecule has 0 aliphatic carbocycles. The zero-order valence-corrected chi connectivity index (χ0v) is 10.8. The number of imide groups is 1. The van der Waals surface area contributed by atoms with E-state index < -0.39 is 0 Å². The van der Waals surface area contributed by atoms with Crippen molar-refractivity contribution in [3.05, 3.63) is 56.7 Å². The molecule has 1 aromatic carbocycles. The number of halogens is 1. The van der Waals surface area contributed by atoms with Gasteiger partial charge in [-0.25, -0.2) is 0 Å². The lowest BCUT2D eigenvalue weighted by Gasteiger charge is -2.11. The average molecular weight is 278 g/mol. The maximum Gasteiger partial charge on any atom is 0.261 e. The van der Waals surface area contributed by atoms with Crippen LogP contribution in [-0.2, 0) is 6.54 Å². The number of hydrogen-bond acceptors (Lipinski definition) is 3. The van der Waals surface area contributed by atoms with Gasteiger partial charge >= 0.3 is 0 Å². The fourth-order valence-electron chi connectivity index (χ4n) is 1.98. The number of amides is 2. The normalized spacial score (nSPS) is 14.2. The monoisotopic (exact) mass is 277 g/mol. The molecular weight excluding hydrogens is 270 g/mol. The molecular formula is C13H8ClNO2S. The van der Waals surface area contributed by atoms with E-state index in [1.807, 2.05) is 6.07 Å². The lowest BCUT2D eigenvalue weighted by Crippen LogP contribution is -2.28. The molecule has 3 nitrogen and oxygen atoms in total. The predicted molar refractivity (Wildman–Crippen MR) is 70.0 cm³/mol. The van der Waals surface area contributed by atoms with Crippen LogP contribution in [0.5, 0.6) is 0 Å². The van der Waals surface area contributed by atoms with Gasteiger partial charge in [0.2, 0.25) is 0 Å². The van der Waals surface area contributed by atoms with Crippen molar-refractivity contribution in [3.63, 3.8) is 0 Å². The Kier molecular flexibility index (Phi) is 2.69. The van der Waals surface area contributed by atoms with Crippen molar-refractivity contribution in [2.45, 2.75) is 6.54 Å². The summed E-state index contributed by atoms with van der Waals surface area (Å²) in [4.78, 5) is 26.3. The molecule has 5 heteroatoms. The minimum atomic E-state index is -0.236. The molecule has 2 heterocycles. The lowest BCUT2D eigenvalue weighted by molar-refractivity contribution is 0.0644. The molecule has 0 saturated heterocycles. The number of thiophene rings is 1.